The first-order chi connectivity index (χ1) is 21.2. The Balaban J connectivity index is 1.41. The van der Waals surface area contributed by atoms with Crippen LogP contribution in [0.4, 0.5) is 13.2 Å². The number of ether oxygens (including phenoxy) is 1. The van der Waals surface area contributed by atoms with E-state index in [4.69, 9.17) is 4.74 Å². The average molecular weight is 604 g/mol. The molecule has 1 aliphatic heterocycles. The lowest BCUT2D eigenvalue weighted by molar-refractivity contribution is 0.0765. The number of alkyl halides is 2. The van der Waals surface area contributed by atoms with E-state index in [1.807, 2.05) is 42.1 Å². The van der Waals surface area contributed by atoms with E-state index < -0.39 is 18.8 Å². The van der Waals surface area contributed by atoms with E-state index in [9.17, 15) is 13.6 Å². The van der Waals surface area contributed by atoms with Gasteiger partial charge in [-0.05, 0) is 74.9 Å². The molecule has 4 heterocycles. The van der Waals surface area contributed by atoms with Crippen LogP contribution in [0.2, 0.25) is 0 Å². The van der Waals surface area contributed by atoms with Crippen LogP contribution < -0.4 is 5.69 Å². The van der Waals surface area contributed by atoms with Crippen molar-refractivity contribution in [2.45, 2.75) is 31.9 Å². The molecular formula is C32H32F3N7O2. The third kappa shape index (κ3) is 5.64. The SMILES string of the molecule is C=N/N=C(\OCC(F)F)c1ccc(Cn2c(=O)n(C3CCN(C)CC3)c3cc(-c4ccc5c(ccn5C)c4)c(F)cc32)nc1. The quantitative estimate of drug-likeness (QED) is 0.134. The van der Waals surface area contributed by atoms with Gasteiger partial charge in [-0.1, -0.05) is 6.07 Å². The monoisotopic (exact) mass is 603 g/mol. The van der Waals surface area contributed by atoms with Crippen LogP contribution in [0, 0.1) is 5.82 Å². The molecule has 0 N–H and O–H groups in total. The number of nitrogens with zero attached hydrogens (tertiary/aromatic N) is 7. The van der Waals surface area contributed by atoms with Gasteiger partial charge < -0.3 is 14.2 Å². The van der Waals surface area contributed by atoms with E-state index in [1.165, 1.54) is 16.8 Å². The van der Waals surface area contributed by atoms with Crippen molar-refractivity contribution < 1.29 is 17.9 Å². The van der Waals surface area contributed by atoms with Crippen LogP contribution in [0.15, 0.2) is 75.9 Å². The van der Waals surface area contributed by atoms with Crippen LogP contribution in [0.5, 0.6) is 0 Å². The number of fused-ring (bicyclic) bond motifs is 2. The van der Waals surface area contributed by atoms with Gasteiger partial charge in [0.05, 0.1) is 28.8 Å². The summed E-state index contributed by atoms with van der Waals surface area (Å²) >= 11 is 0. The molecule has 0 saturated carbocycles. The predicted octanol–water partition coefficient (Wildman–Crippen LogP) is 5.45. The van der Waals surface area contributed by atoms with Crippen LogP contribution in [-0.2, 0) is 18.3 Å². The van der Waals surface area contributed by atoms with Crippen LogP contribution in [-0.4, -0.2) is 69.4 Å². The predicted molar refractivity (Wildman–Crippen MR) is 165 cm³/mol. The zero-order valence-electron chi connectivity index (χ0n) is 24.5. The summed E-state index contributed by atoms with van der Waals surface area (Å²) in [6, 6.07) is 14.2. The van der Waals surface area contributed by atoms with E-state index >= 15 is 4.39 Å². The van der Waals surface area contributed by atoms with Crippen molar-refractivity contribution in [1.82, 2.24) is 23.6 Å². The first kappa shape index (κ1) is 29.4. The van der Waals surface area contributed by atoms with Gasteiger partial charge in [0.25, 0.3) is 6.43 Å². The standard InChI is InChI=1S/C32H32F3N7O2/c1-36-38-31(44-19-30(34)35)22-4-6-23(37-17-22)18-41-28-16-26(33)25(20-5-7-27-21(14-20)8-13-40(27)3)15-29(28)42(32(41)43)24-9-11-39(2)12-10-24/h4-8,13-17,24,30H,1,9-12,18-19H2,2-3H3/b38-31-. The first-order valence-electron chi connectivity index (χ1n) is 14.3. The minimum atomic E-state index is -2.69. The van der Waals surface area contributed by atoms with Gasteiger partial charge in [0.1, 0.15) is 5.82 Å². The fourth-order valence-corrected chi connectivity index (χ4v) is 5.91. The summed E-state index contributed by atoms with van der Waals surface area (Å²) in [5.41, 5.74) is 3.94. The zero-order valence-corrected chi connectivity index (χ0v) is 24.5. The van der Waals surface area contributed by atoms with Gasteiger partial charge in [0.15, 0.2) is 6.61 Å². The summed E-state index contributed by atoms with van der Waals surface area (Å²) in [5.74, 6) is -0.571. The molecule has 3 aromatic heterocycles. The van der Waals surface area contributed by atoms with Gasteiger partial charge in [-0.3, -0.25) is 14.1 Å². The highest BCUT2D eigenvalue weighted by molar-refractivity contribution is 5.94. The highest BCUT2D eigenvalue weighted by Gasteiger charge is 2.26. The molecule has 2 aromatic carbocycles. The van der Waals surface area contributed by atoms with Gasteiger partial charge in [-0.25, -0.2) is 18.0 Å². The number of rotatable bonds is 8. The Morgan fingerprint density at radius 3 is 2.57 bits per heavy atom. The number of pyridine rings is 1. The molecule has 5 aromatic rings. The van der Waals surface area contributed by atoms with Crippen molar-refractivity contribution in [3.8, 4) is 11.1 Å². The average Bonchev–Trinajstić information content (AvgIpc) is 3.51. The number of hydrogen-bond acceptors (Lipinski definition) is 6. The summed E-state index contributed by atoms with van der Waals surface area (Å²) in [6.45, 7) is 4.18. The fourth-order valence-electron chi connectivity index (χ4n) is 5.91. The maximum Gasteiger partial charge on any atom is 0.329 e. The lowest BCUT2D eigenvalue weighted by atomic mass is 10.0. The van der Waals surface area contributed by atoms with Crippen molar-refractivity contribution in [3.63, 3.8) is 0 Å². The molecule has 0 aliphatic carbocycles. The second-order valence-corrected chi connectivity index (χ2v) is 11.1. The Labute approximate surface area is 251 Å². The highest BCUT2D eigenvalue weighted by atomic mass is 19.3. The second-order valence-electron chi connectivity index (χ2n) is 11.1. The number of aromatic nitrogens is 4. The van der Waals surface area contributed by atoms with Crippen LogP contribution in [0.1, 0.15) is 30.1 Å². The summed E-state index contributed by atoms with van der Waals surface area (Å²) in [7, 11) is 4.02. The lowest BCUT2D eigenvalue weighted by Gasteiger charge is -2.29. The molecule has 6 rings (SSSR count). The molecule has 1 saturated heterocycles. The van der Waals surface area contributed by atoms with Crippen molar-refractivity contribution in [3.05, 3.63) is 88.5 Å². The second kappa shape index (κ2) is 12.1. The third-order valence-corrected chi connectivity index (χ3v) is 8.20. The normalized spacial score (nSPS) is 15.1. The molecule has 0 radical (unpaired) electrons. The Kier molecular flexibility index (Phi) is 8.09. The van der Waals surface area contributed by atoms with Crippen molar-refractivity contribution in [2.75, 3.05) is 26.7 Å². The van der Waals surface area contributed by atoms with Gasteiger partial charge in [-0.2, -0.15) is 5.10 Å². The molecule has 0 bridgehead atoms. The highest BCUT2D eigenvalue weighted by Crippen LogP contribution is 2.33. The van der Waals surface area contributed by atoms with E-state index in [0.29, 0.717) is 27.9 Å². The summed E-state index contributed by atoms with van der Waals surface area (Å²) in [5, 5.41) is 8.07. The molecule has 228 valence electrons. The van der Waals surface area contributed by atoms with Gasteiger partial charge in [-0.15, -0.1) is 5.10 Å². The number of hydrogen-bond donors (Lipinski definition) is 0. The summed E-state index contributed by atoms with van der Waals surface area (Å²) < 4.78 is 51.6. The third-order valence-electron chi connectivity index (χ3n) is 8.20. The molecule has 1 fully saturated rings. The van der Waals surface area contributed by atoms with E-state index in [0.717, 1.165) is 42.4 Å². The minimum absolute atomic E-state index is 0.0372. The maximum absolute atomic E-state index is 15.9. The summed E-state index contributed by atoms with van der Waals surface area (Å²) in [4.78, 5) is 20.7. The van der Waals surface area contributed by atoms with Crippen molar-refractivity contribution in [1.29, 1.82) is 0 Å². The first-order valence-corrected chi connectivity index (χ1v) is 14.3. The molecule has 0 unspecified atom stereocenters. The van der Waals surface area contributed by atoms with Crippen LogP contribution in [0.25, 0.3) is 33.1 Å². The lowest BCUT2D eigenvalue weighted by Crippen LogP contribution is -2.36. The zero-order chi connectivity index (χ0) is 31.0. The van der Waals surface area contributed by atoms with E-state index in [2.05, 4.69) is 33.9 Å². The summed E-state index contributed by atoms with van der Waals surface area (Å²) in [6.07, 6.45) is 2.28. The molecule has 0 spiro atoms. The minimum Gasteiger partial charge on any atom is -0.470 e. The molecule has 0 atom stereocenters. The van der Waals surface area contributed by atoms with Crippen molar-refractivity contribution in [2.24, 2.45) is 17.3 Å². The van der Waals surface area contributed by atoms with Crippen LogP contribution >= 0.6 is 0 Å². The molecule has 1 aliphatic rings. The molecule has 0 amide bonds. The number of benzene rings is 2. The number of piperidine rings is 1. The van der Waals surface area contributed by atoms with Crippen LogP contribution in [0.3, 0.4) is 0 Å². The smallest absolute Gasteiger partial charge is 0.329 e. The maximum atomic E-state index is 15.9. The van der Waals surface area contributed by atoms with Crippen molar-refractivity contribution >= 4 is 34.6 Å². The largest absolute Gasteiger partial charge is 0.470 e. The Hall–Kier alpha value is -4.71. The Morgan fingerprint density at radius 2 is 1.86 bits per heavy atom. The topological polar surface area (TPSA) is 81.9 Å². The number of halogens is 3. The van der Waals surface area contributed by atoms with Gasteiger partial charge >= 0.3 is 5.69 Å². The van der Waals surface area contributed by atoms with E-state index in [-0.39, 0.29) is 24.2 Å². The molecule has 9 nitrogen and oxygen atoms in total. The Morgan fingerprint density at radius 1 is 1.07 bits per heavy atom. The molecular weight excluding hydrogens is 571 g/mol. The van der Waals surface area contributed by atoms with Gasteiger partial charge in [0, 0.05) is 54.7 Å². The number of imidazole rings is 1. The number of likely N-dealkylation sites (tertiary alicyclic amines) is 1. The van der Waals surface area contributed by atoms with Gasteiger partial charge in [0.2, 0.25) is 5.90 Å². The Bertz CT molecular complexity index is 1920. The fraction of sp³-hybridized carbons (Fsp3) is 0.312. The molecule has 12 heteroatoms. The molecule has 44 heavy (non-hydrogen) atoms. The number of aryl methyl sites for hydroxylation is 1. The van der Waals surface area contributed by atoms with E-state index in [1.54, 1.807) is 22.8 Å².